The van der Waals surface area contributed by atoms with E-state index in [1.807, 2.05) is 6.07 Å². The summed E-state index contributed by atoms with van der Waals surface area (Å²) in [6.07, 6.45) is 6.71. The summed E-state index contributed by atoms with van der Waals surface area (Å²) < 4.78 is 1.76. The highest BCUT2D eigenvalue weighted by Crippen LogP contribution is 2.12. The molecule has 0 amide bonds. The van der Waals surface area contributed by atoms with Crippen molar-refractivity contribution >= 4 is 11.3 Å². The lowest BCUT2D eigenvalue weighted by Crippen LogP contribution is -2.04. The van der Waals surface area contributed by atoms with Crippen LogP contribution in [0.3, 0.4) is 0 Å². The molecule has 3 aromatic rings. The van der Waals surface area contributed by atoms with E-state index in [1.165, 1.54) is 6.33 Å². The highest BCUT2D eigenvalue weighted by molar-refractivity contribution is 5.66. The summed E-state index contributed by atoms with van der Waals surface area (Å²) in [6, 6.07) is 1.90. The van der Waals surface area contributed by atoms with Gasteiger partial charge < -0.3 is 5.32 Å². The van der Waals surface area contributed by atoms with Gasteiger partial charge in [-0.1, -0.05) is 0 Å². The van der Waals surface area contributed by atoms with Gasteiger partial charge in [-0.05, 0) is 6.07 Å². The zero-order valence-electron chi connectivity index (χ0n) is 8.33. The Morgan fingerprint density at radius 1 is 1.31 bits per heavy atom. The normalized spacial score (nSPS) is 10.8. The second kappa shape index (κ2) is 3.61. The lowest BCUT2D eigenvalue weighted by molar-refractivity contribution is 0.924. The molecule has 0 aromatic carbocycles. The van der Waals surface area contributed by atoms with Gasteiger partial charge >= 0.3 is 0 Å². The number of anilines is 1. The van der Waals surface area contributed by atoms with Crippen LogP contribution in [0, 0.1) is 0 Å². The predicted molar refractivity (Wildman–Crippen MR) is 56.7 cm³/mol. The number of rotatable bonds is 3. The maximum absolute atomic E-state index is 4.24. The Hall–Kier alpha value is -2.44. The SMILES string of the molecule is c1n[nH]c(CNc2nccn3nccc23)n1. The molecular weight excluding hydrogens is 206 g/mol. The fourth-order valence-electron chi connectivity index (χ4n) is 1.48. The monoisotopic (exact) mass is 215 g/mol. The molecular formula is C9H9N7. The van der Waals surface area contributed by atoms with Crippen LogP contribution in [0.5, 0.6) is 0 Å². The Morgan fingerprint density at radius 3 is 3.19 bits per heavy atom. The standard InChI is InChI=1S/C9H9N7/c1-2-14-16-4-3-10-9(7(1)16)11-5-8-12-6-13-15-8/h1-4,6H,5H2,(H,10,11)(H,12,13,15). The number of nitrogens with zero attached hydrogens (tertiary/aromatic N) is 5. The van der Waals surface area contributed by atoms with E-state index in [2.05, 4.69) is 30.6 Å². The first-order valence-corrected chi connectivity index (χ1v) is 4.80. The van der Waals surface area contributed by atoms with Crippen molar-refractivity contribution in [1.29, 1.82) is 0 Å². The molecule has 3 rings (SSSR count). The van der Waals surface area contributed by atoms with E-state index in [1.54, 1.807) is 23.1 Å². The van der Waals surface area contributed by atoms with E-state index in [0.29, 0.717) is 6.54 Å². The molecule has 0 unspecified atom stereocenters. The zero-order valence-corrected chi connectivity index (χ0v) is 8.33. The maximum atomic E-state index is 4.24. The molecule has 0 saturated heterocycles. The Bertz CT molecular complexity index is 583. The lowest BCUT2D eigenvalue weighted by Gasteiger charge is -2.04. The van der Waals surface area contributed by atoms with Crippen molar-refractivity contribution in [2.45, 2.75) is 6.54 Å². The maximum Gasteiger partial charge on any atom is 0.152 e. The number of hydrogen-bond donors (Lipinski definition) is 2. The molecule has 0 aliphatic carbocycles. The van der Waals surface area contributed by atoms with E-state index in [4.69, 9.17) is 0 Å². The molecule has 80 valence electrons. The van der Waals surface area contributed by atoms with Crippen LogP contribution in [-0.4, -0.2) is 29.8 Å². The second-order valence-electron chi connectivity index (χ2n) is 3.22. The number of aromatic nitrogens is 6. The molecule has 16 heavy (non-hydrogen) atoms. The van der Waals surface area contributed by atoms with Crippen LogP contribution in [0.2, 0.25) is 0 Å². The number of fused-ring (bicyclic) bond motifs is 1. The highest BCUT2D eigenvalue weighted by atomic mass is 15.2. The van der Waals surface area contributed by atoms with Crippen LogP contribution in [0.15, 0.2) is 31.0 Å². The minimum atomic E-state index is 0.553. The van der Waals surface area contributed by atoms with Crippen LogP contribution >= 0.6 is 0 Å². The smallest absolute Gasteiger partial charge is 0.152 e. The van der Waals surface area contributed by atoms with Crippen molar-refractivity contribution in [3.8, 4) is 0 Å². The third kappa shape index (κ3) is 1.48. The van der Waals surface area contributed by atoms with Gasteiger partial charge in [0.1, 0.15) is 17.7 Å². The molecule has 0 fully saturated rings. The number of hydrogen-bond acceptors (Lipinski definition) is 5. The van der Waals surface area contributed by atoms with Crippen molar-refractivity contribution in [2.24, 2.45) is 0 Å². The number of nitrogens with one attached hydrogen (secondary N) is 2. The first-order valence-electron chi connectivity index (χ1n) is 4.80. The fourth-order valence-corrected chi connectivity index (χ4v) is 1.48. The largest absolute Gasteiger partial charge is 0.361 e. The van der Waals surface area contributed by atoms with Gasteiger partial charge in [-0.15, -0.1) is 0 Å². The van der Waals surface area contributed by atoms with Gasteiger partial charge in [0.05, 0.1) is 12.7 Å². The lowest BCUT2D eigenvalue weighted by atomic mass is 10.4. The van der Waals surface area contributed by atoms with Crippen LogP contribution in [0.25, 0.3) is 5.52 Å². The quantitative estimate of drug-likeness (QED) is 0.663. The van der Waals surface area contributed by atoms with E-state index < -0.39 is 0 Å². The average molecular weight is 215 g/mol. The van der Waals surface area contributed by atoms with Crippen LogP contribution in [-0.2, 0) is 6.54 Å². The molecule has 3 aromatic heterocycles. The average Bonchev–Trinajstić information content (AvgIpc) is 2.97. The Kier molecular flexibility index (Phi) is 1.99. The van der Waals surface area contributed by atoms with Crippen LogP contribution in [0.1, 0.15) is 5.82 Å². The number of aromatic amines is 1. The molecule has 7 nitrogen and oxygen atoms in total. The first-order chi connectivity index (χ1) is 7.93. The van der Waals surface area contributed by atoms with Crippen molar-refractivity contribution < 1.29 is 0 Å². The van der Waals surface area contributed by atoms with Crippen molar-refractivity contribution in [2.75, 3.05) is 5.32 Å². The molecule has 0 saturated carbocycles. The van der Waals surface area contributed by atoms with E-state index in [0.717, 1.165) is 17.2 Å². The van der Waals surface area contributed by atoms with E-state index in [-0.39, 0.29) is 0 Å². The van der Waals surface area contributed by atoms with Crippen LogP contribution in [0.4, 0.5) is 5.82 Å². The van der Waals surface area contributed by atoms with Gasteiger partial charge in [-0.3, -0.25) is 5.10 Å². The second-order valence-corrected chi connectivity index (χ2v) is 3.22. The molecule has 0 aliphatic rings. The summed E-state index contributed by atoms with van der Waals surface area (Å²) in [5, 5.41) is 13.8. The molecule has 0 atom stereocenters. The van der Waals surface area contributed by atoms with Gasteiger partial charge in [-0.25, -0.2) is 14.5 Å². The Morgan fingerprint density at radius 2 is 2.31 bits per heavy atom. The summed E-state index contributed by atoms with van der Waals surface area (Å²) in [5.41, 5.74) is 0.932. The van der Waals surface area contributed by atoms with Gasteiger partial charge in [0, 0.05) is 12.4 Å². The fraction of sp³-hybridized carbons (Fsp3) is 0.111. The number of H-pyrrole nitrogens is 1. The summed E-state index contributed by atoms with van der Waals surface area (Å²) >= 11 is 0. The third-order valence-electron chi connectivity index (χ3n) is 2.21. The minimum Gasteiger partial charge on any atom is -0.361 e. The van der Waals surface area contributed by atoms with E-state index in [9.17, 15) is 0 Å². The van der Waals surface area contributed by atoms with Crippen molar-refractivity contribution in [1.82, 2.24) is 29.8 Å². The van der Waals surface area contributed by atoms with Gasteiger partial charge in [0.15, 0.2) is 5.82 Å². The molecule has 0 aliphatic heterocycles. The van der Waals surface area contributed by atoms with Crippen LogP contribution < -0.4 is 5.32 Å². The third-order valence-corrected chi connectivity index (χ3v) is 2.21. The Labute approximate surface area is 90.5 Å². The topological polar surface area (TPSA) is 83.8 Å². The van der Waals surface area contributed by atoms with Gasteiger partial charge in [0.25, 0.3) is 0 Å². The molecule has 0 spiro atoms. The summed E-state index contributed by atoms with van der Waals surface area (Å²) in [6.45, 7) is 0.553. The zero-order chi connectivity index (χ0) is 10.8. The molecule has 2 N–H and O–H groups in total. The highest BCUT2D eigenvalue weighted by Gasteiger charge is 2.03. The van der Waals surface area contributed by atoms with Crippen molar-refractivity contribution in [3.63, 3.8) is 0 Å². The van der Waals surface area contributed by atoms with Gasteiger partial charge in [0.2, 0.25) is 0 Å². The molecule has 3 heterocycles. The van der Waals surface area contributed by atoms with Crippen molar-refractivity contribution in [3.05, 3.63) is 36.8 Å². The summed E-state index contributed by atoms with van der Waals surface area (Å²) in [4.78, 5) is 8.26. The van der Waals surface area contributed by atoms with Gasteiger partial charge in [-0.2, -0.15) is 10.2 Å². The molecule has 7 heteroatoms. The predicted octanol–water partition coefficient (Wildman–Crippen LogP) is 0.459. The molecule has 0 radical (unpaired) electrons. The molecule has 0 bridgehead atoms. The Balaban J connectivity index is 1.86. The minimum absolute atomic E-state index is 0.553. The summed E-state index contributed by atoms with van der Waals surface area (Å²) in [7, 11) is 0. The summed E-state index contributed by atoms with van der Waals surface area (Å²) in [5.74, 6) is 1.54. The van der Waals surface area contributed by atoms with E-state index >= 15 is 0 Å². The first kappa shape index (κ1) is 8.84.